The number of carbonyl (C=O) groups excluding carboxylic acids is 2. The van der Waals surface area contributed by atoms with Crippen LogP contribution in [0.15, 0.2) is 22.7 Å². The first-order chi connectivity index (χ1) is 9.63. The predicted molar refractivity (Wildman–Crippen MR) is 79.4 cm³/mol. The summed E-state index contributed by atoms with van der Waals surface area (Å²) in [6.07, 6.45) is 4.05. The molecule has 1 aromatic carbocycles. The van der Waals surface area contributed by atoms with E-state index in [0.29, 0.717) is 17.7 Å². The number of benzene rings is 1. The lowest BCUT2D eigenvalue weighted by Gasteiger charge is -2.36. The minimum absolute atomic E-state index is 0.0417. The smallest absolute Gasteiger partial charge is 0.261 e. The fraction of sp³-hybridized carbons (Fsp3) is 0.467. The van der Waals surface area contributed by atoms with Crippen molar-refractivity contribution < 1.29 is 9.59 Å². The van der Waals surface area contributed by atoms with Crippen LogP contribution in [0, 0.1) is 5.92 Å². The van der Waals surface area contributed by atoms with Crippen molar-refractivity contribution in [3.63, 3.8) is 0 Å². The first-order valence-electron chi connectivity index (χ1n) is 7.01. The molecule has 2 atom stereocenters. The molecule has 1 heterocycles. The molecule has 2 amide bonds. The molecule has 5 heteroatoms. The molecule has 1 saturated carbocycles. The fourth-order valence-electron chi connectivity index (χ4n) is 3.34. The molecular formula is C15H17BrN2O2. The van der Waals surface area contributed by atoms with Crippen molar-refractivity contribution in [1.29, 1.82) is 0 Å². The molecule has 0 bridgehead atoms. The van der Waals surface area contributed by atoms with E-state index in [4.69, 9.17) is 5.73 Å². The van der Waals surface area contributed by atoms with Gasteiger partial charge in [0.1, 0.15) is 0 Å². The molecule has 1 aliphatic carbocycles. The zero-order valence-corrected chi connectivity index (χ0v) is 12.7. The van der Waals surface area contributed by atoms with Crippen molar-refractivity contribution >= 4 is 27.7 Å². The van der Waals surface area contributed by atoms with E-state index in [-0.39, 0.29) is 23.8 Å². The molecule has 0 aromatic heterocycles. The highest BCUT2D eigenvalue weighted by Crippen LogP contribution is 2.34. The van der Waals surface area contributed by atoms with Crippen LogP contribution in [0.1, 0.15) is 46.4 Å². The van der Waals surface area contributed by atoms with Gasteiger partial charge in [-0.15, -0.1) is 0 Å². The van der Waals surface area contributed by atoms with Crippen molar-refractivity contribution in [3.05, 3.63) is 33.8 Å². The molecular weight excluding hydrogens is 320 g/mol. The van der Waals surface area contributed by atoms with Gasteiger partial charge in [-0.2, -0.15) is 0 Å². The number of carbonyl (C=O) groups is 2. The molecule has 0 saturated heterocycles. The number of amides is 2. The Balaban J connectivity index is 1.96. The van der Waals surface area contributed by atoms with Crippen molar-refractivity contribution in [2.24, 2.45) is 11.7 Å². The van der Waals surface area contributed by atoms with E-state index >= 15 is 0 Å². The highest BCUT2D eigenvalue weighted by atomic mass is 79.9. The molecule has 106 valence electrons. The van der Waals surface area contributed by atoms with Gasteiger partial charge in [0.25, 0.3) is 11.8 Å². The first kappa shape index (κ1) is 13.8. The maximum atomic E-state index is 12.6. The van der Waals surface area contributed by atoms with E-state index in [9.17, 15) is 9.59 Å². The molecule has 1 fully saturated rings. The normalized spacial score (nSPS) is 26.0. The lowest BCUT2D eigenvalue weighted by Crippen LogP contribution is -2.47. The average molecular weight is 337 g/mol. The van der Waals surface area contributed by atoms with Crippen LogP contribution in [-0.2, 0) is 0 Å². The number of fused-ring (bicyclic) bond motifs is 1. The van der Waals surface area contributed by atoms with Crippen LogP contribution in [0.2, 0.25) is 0 Å². The maximum absolute atomic E-state index is 12.6. The zero-order chi connectivity index (χ0) is 14.3. The molecule has 2 aliphatic rings. The van der Waals surface area contributed by atoms with Crippen molar-refractivity contribution in [3.8, 4) is 0 Å². The third kappa shape index (κ3) is 2.09. The fourth-order valence-corrected chi connectivity index (χ4v) is 3.70. The molecule has 3 rings (SSSR count). The number of hydrogen-bond donors (Lipinski definition) is 1. The Morgan fingerprint density at radius 2 is 1.85 bits per heavy atom. The SMILES string of the molecule is NCC1CCCCC1N1C(=O)c2ccc(Br)cc2C1=O. The number of rotatable bonds is 2. The van der Waals surface area contributed by atoms with E-state index in [1.54, 1.807) is 18.2 Å². The quantitative estimate of drug-likeness (QED) is 0.844. The monoisotopic (exact) mass is 336 g/mol. The van der Waals surface area contributed by atoms with Crippen LogP contribution >= 0.6 is 15.9 Å². The van der Waals surface area contributed by atoms with Gasteiger partial charge in [-0.05, 0) is 43.5 Å². The standard InChI is InChI=1S/C15H17BrN2O2/c16-10-5-6-11-12(7-10)15(20)18(14(11)19)13-4-2-1-3-9(13)8-17/h5-7,9,13H,1-4,8,17H2. The van der Waals surface area contributed by atoms with E-state index in [2.05, 4.69) is 15.9 Å². The number of halogens is 1. The van der Waals surface area contributed by atoms with Crippen LogP contribution in [0.5, 0.6) is 0 Å². The molecule has 0 radical (unpaired) electrons. The molecule has 2 unspecified atom stereocenters. The minimum Gasteiger partial charge on any atom is -0.330 e. The van der Waals surface area contributed by atoms with Crippen molar-refractivity contribution in [2.75, 3.05) is 6.54 Å². The largest absolute Gasteiger partial charge is 0.330 e. The summed E-state index contributed by atoms with van der Waals surface area (Å²) in [5.74, 6) is -0.103. The summed E-state index contributed by atoms with van der Waals surface area (Å²) in [6.45, 7) is 0.530. The Morgan fingerprint density at radius 3 is 2.60 bits per heavy atom. The number of nitrogens with zero attached hydrogens (tertiary/aromatic N) is 1. The summed E-state index contributed by atoms with van der Waals surface area (Å²) in [4.78, 5) is 26.5. The summed E-state index contributed by atoms with van der Waals surface area (Å²) in [7, 11) is 0. The maximum Gasteiger partial charge on any atom is 0.261 e. The van der Waals surface area contributed by atoms with Gasteiger partial charge in [-0.1, -0.05) is 28.8 Å². The topological polar surface area (TPSA) is 63.4 Å². The zero-order valence-electron chi connectivity index (χ0n) is 11.1. The van der Waals surface area contributed by atoms with Crippen LogP contribution < -0.4 is 5.73 Å². The Morgan fingerprint density at radius 1 is 1.15 bits per heavy atom. The lowest BCUT2D eigenvalue weighted by atomic mass is 9.83. The Bertz CT molecular complexity index is 573. The second-order valence-electron chi connectivity index (χ2n) is 5.52. The highest BCUT2D eigenvalue weighted by molar-refractivity contribution is 9.10. The van der Waals surface area contributed by atoms with Crippen LogP contribution in [0.25, 0.3) is 0 Å². The van der Waals surface area contributed by atoms with Gasteiger partial charge in [0.05, 0.1) is 11.1 Å². The number of imide groups is 1. The average Bonchev–Trinajstić information content (AvgIpc) is 2.70. The molecule has 4 nitrogen and oxygen atoms in total. The Hall–Kier alpha value is -1.20. The number of hydrogen-bond acceptors (Lipinski definition) is 3. The van der Waals surface area contributed by atoms with Crippen LogP contribution in [0.3, 0.4) is 0 Å². The van der Waals surface area contributed by atoms with Gasteiger partial charge in [-0.25, -0.2) is 0 Å². The molecule has 2 N–H and O–H groups in total. The minimum atomic E-state index is -0.170. The second-order valence-corrected chi connectivity index (χ2v) is 6.43. The van der Waals surface area contributed by atoms with Gasteiger partial charge in [0, 0.05) is 10.5 Å². The highest BCUT2D eigenvalue weighted by Gasteiger charge is 2.43. The summed E-state index contributed by atoms with van der Waals surface area (Å²) >= 11 is 3.35. The third-order valence-electron chi connectivity index (χ3n) is 4.38. The summed E-state index contributed by atoms with van der Waals surface area (Å²) < 4.78 is 0.818. The van der Waals surface area contributed by atoms with Gasteiger partial charge in [-0.3, -0.25) is 14.5 Å². The summed E-state index contributed by atoms with van der Waals surface area (Å²) in [5.41, 5.74) is 6.84. The molecule has 20 heavy (non-hydrogen) atoms. The molecule has 1 aromatic rings. The van der Waals surface area contributed by atoms with Gasteiger partial charge in [0.2, 0.25) is 0 Å². The van der Waals surface area contributed by atoms with E-state index in [1.807, 2.05) is 0 Å². The number of nitrogens with two attached hydrogens (primary N) is 1. The first-order valence-corrected chi connectivity index (χ1v) is 7.80. The summed E-state index contributed by atoms with van der Waals surface area (Å²) in [6, 6.07) is 5.21. The van der Waals surface area contributed by atoms with Crippen molar-refractivity contribution in [1.82, 2.24) is 4.90 Å². The summed E-state index contributed by atoms with van der Waals surface area (Å²) in [5, 5.41) is 0. The Kier molecular flexibility index (Phi) is 3.65. The van der Waals surface area contributed by atoms with Crippen LogP contribution in [0.4, 0.5) is 0 Å². The van der Waals surface area contributed by atoms with Gasteiger partial charge >= 0.3 is 0 Å². The Labute approximate surface area is 126 Å². The van der Waals surface area contributed by atoms with Gasteiger partial charge in [0.15, 0.2) is 0 Å². The van der Waals surface area contributed by atoms with E-state index in [0.717, 1.165) is 30.2 Å². The molecule has 0 spiro atoms. The van der Waals surface area contributed by atoms with Crippen molar-refractivity contribution in [2.45, 2.75) is 31.7 Å². The van der Waals surface area contributed by atoms with E-state index < -0.39 is 0 Å². The van der Waals surface area contributed by atoms with E-state index in [1.165, 1.54) is 4.90 Å². The predicted octanol–water partition coefficient (Wildman–Crippen LogP) is 2.56. The molecule has 1 aliphatic heterocycles. The van der Waals surface area contributed by atoms with Crippen LogP contribution in [-0.4, -0.2) is 29.3 Å². The third-order valence-corrected chi connectivity index (χ3v) is 4.88. The second kappa shape index (κ2) is 5.30. The lowest BCUT2D eigenvalue weighted by molar-refractivity contribution is 0.0479. The van der Waals surface area contributed by atoms with Gasteiger partial charge < -0.3 is 5.73 Å².